The van der Waals surface area contributed by atoms with Gasteiger partial charge in [0.1, 0.15) is 0 Å². The lowest BCUT2D eigenvalue weighted by molar-refractivity contribution is -0.137. The summed E-state index contributed by atoms with van der Waals surface area (Å²) in [5.41, 5.74) is -0.631. The Morgan fingerprint density at radius 1 is 1.25 bits per heavy atom. The van der Waals surface area contributed by atoms with Gasteiger partial charge in [0.2, 0.25) is 5.91 Å². The van der Waals surface area contributed by atoms with Gasteiger partial charge in [0.05, 0.1) is 5.56 Å². The maximum Gasteiger partial charge on any atom is 0.416 e. The van der Waals surface area contributed by atoms with Crippen molar-refractivity contribution in [2.45, 2.75) is 25.1 Å². The standard InChI is InChI=1S/C13H13F3N2O2/c14-13(15,16)9-3-1-8(2-4-9)12(20)18-10-5-6-11(19)17-7-10/h1-4,10H,5-7H2,(H,17,19)(H,18,20). The number of rotatable bonds is 2. The van der Waals surface area contributed by atoms with Crippen molar-refractivity contribution in [1.82, 2.24) is 10.6 Å². The Morgan fingerprint density at radius 3 is 2.40 bits per heavy atom. The summed E-state index contributed by atoms with van der Waals surface area (Å²) in [6, 6.07) is 3.83. The molecular formula is C13H13F3N2O2. The van der Waals surface area contributed by atoms with Gasteiger partial charge in [0.15, 0.2) is 0 Å². The number of piperidine rings is 1. The Balaban J connectivity index is 1.97. The van der Waals surface area contributed by atoms with Crippen molar-refractivity contribution in [1.29, 1.82) is 0 Å². The van der Waals surface area contributed by atoms with E-state index in [4.69, 9.17) is 0 Å². The average molecular weight is 286 g/mol. The Hall–Kier alpha value is -2.05. The van der Waals surface area contributed by atoms with E-state index in [1.165, 1.54) is 0 Å². The number of hydrogen-bond donors (Lipinski definition) is 2. The van der Waals surface area contributed by atoms with Crippen LogP contribution in [0.5, 0.6) is 0 Å². The molecule has 0 saturated carbocycles. The molecule has 2 N–H and O–H groups in total. The second-order valence-corrected chi connectivity index (χ2v) is 4.59. The number of alkyl halides is 3. The summed E-state index contributed by atoms with van der Waals surface area (Å²) in [6.45, 7) is 0.339. The van der Waals surface area contributed by atoms with E-state index in [0.717, 1.165) is 24.3 Å². The van der Waals surface area contributed by atoms with Gasteiger partial charge in [-0.15, -0.1) is 0 Å². The first-order valence-electron chi connectivity index (χ1n) is 6.11. The molecule has 1 aliphatic heterocycles. The topological polar surface area (TPSA) is 58.2 Å². The largest absolute Gasteiger partial charge is 0.416 e. The minimum atomic E-state index is -4.41. The third kappa shape index (κ3) is 3.49. The maximum absolute atomic E-state index is 12.4. The van der Waals surface area contributed by atoms with Gasteiger partial charge >= 0.3 is 6.18 Å². The lowest BCUT2D eigenvalue weighted by Gasteiger charge is -2.23. The highest BCUT2D eigenvalue weighted by Gasteiger charge is 2.30. The van der Waals surface area contributed by atoms with E-state index >= 15 is 0 Å². The molecule has 7 heteroatoms. The number of carbonyl (C=O) groups is 2. The number of benzene rings is 1. The van der Waals surface area contributed by atoms with Crippen LogP contribution in [-0.2, 0) is 11.0 Å². The molecule has 0 aromatic heterocycles. The molecular weight excluding hydrogens is 273 g/mol. The molecule has 0 spiro atoms. The molecule has 0 bridgehead atoms. The summed E-state index contributed by atoms with van der Waals surface area (Å²) in [7, 11) is 0. The molecule has 1 heterocycles. The minimum absolute atomic E-state index is 0.0648. The number of halogens is 3. The Morgan fingerprint density at radius 2 is 1.90 bits per heavy atom. The number of carbonyl (C=O) groups excluding carboxylic acids is 2. The van der Waals surface area contributed by atoms with E-state index in [1.54, 1.807) is 0 Å². The monoisotopic (exact) mass is 286 g/mol. The third-order valence-corrected chi connectivity index (χ3v) is 3.08. The second kappa shape index (κ2) is 5.52. The van der Waals surface area contributed by atoms with Crippen LogP contribution >= 0.6 is 0 Å². The lowest BCUT2D eigenvalue weighted by atomic mass is 10.1. The first kappa shape index (κ1) is 14.4. The zero-order valence-electron chi connectivity index (χ0n) is 10.5. The van der Waals surface area contributed by atoms with Crippen LogP contribution in [0.1, 0.15) is 28.8 Å². The van der Waals surface area contributed by atoms with E-state index in [0.29, 0.717) is 19.4 Å². The van der Waals surface area contributed by atoms with E-state index in [1.807, 2.05) is 0 Å². The smallest absolute Gasteiger partial charge is 0.354 e. The highest BCUT2D eigenvalue weighted by atomic mass is 19.4. The molecule has 20 heavy (non-hydrogen) atoms. The van der Waals surface area contributed by atoms with E-state index in [-0.39, 0.29) is 17.5 Å². The van der Waals surface area contributed by atoms with Gasteiger partial charge in [-0.25, -0.2) is 0 Å². The second-order valence-electron chi connectivity index (χ2n) is 4.59. The molecule has 1 aromatic carbocycles. The normalized spacial score (nSPS) is 19.4. The molecule has 1 aliphatic rings. The fraction of sp³-hybridized carbons (Fsp3) is 0.385. The van der Waals surface area contributed by atoms with E-state index in [2.05, 4.69) is 10.6 Å². The van der Waals surface area contributed by atoms with E-state index < -0.39 is 17.6 Å². The molecule has 1 saturated heterocycles. The van der Waals surface area contributed by atoms with Gasteiger partial charge in [-0.1, -0.05) is 0 Å². The number of hydrogen-bond acceptors (Lipinski definition) is 2. The Bertz CT molecular complexity index is 501. The lowest BCUT2D eigenvalue weighted by Crippen LogP contribution is -2.47. The summed E-state index contributed by atoms with van der Waals surface area (Å²) in [6.07, 6.45) is -3.56. The molecule has 2 rings (SSSR count). The van der Waals surface area contributed by atoms with Crippen molar-refractivity contribution in [3.8, 4) is 0 Å². The minimum Gasteiger partial charge on any atom is -0.354 e. The molecule has 1 atom stereocenters. The quantitative estimate of drug-likeness (QED) is 0.869. The van der Waals surface area contributed by atoms with Gasteiger partial charge in [0.25, 0.3) is 5.91 Å². The van der Waals surface area contributed by atoms with Crippen LogP contribution in [0.4, 0.5) is 13.2 Å². The zero-order valence-corrected chi connectivity index (χ0v) is 10.5. The van der Waals surface area contributed by atoms with Crippen molar-refractivity contribution < 1.29 is 22.8 Å². The van der Waals surface area contributed by atoms with E-state index in [9.17, 15) is 22.8 Å². The zero-order chi connectivity index (χ0) is 14.8. The first-order chi connectivity index (χ1) is 9.36. The van der Waals surface area contributed by atoms with Gasteiger partial charge in [-0.2, -0.15) is 13.2 Å². The van der Waals surface area contributed by atoms with Crippen LogP contribution in [0.15, 0.2) is 24.3 Å². The van der Waals surface area contributed by atoms with Gasteiger partial charge in [0, 0.05) is 24.6 Å². The van der Waals surface area contributed by atoms with Crippen LogP contribution in [0.25, 0.3) is 0 Å². The molecule has 2 amide bonds. The van der Waals surface area contributed by atoms with Crippen LogP contribution < -0.4 is 10.6 Å². The first-order valence-corrected chi connectivity index (χ1v) is 6.11. The van der Waals surface area contributed by atoms with Crippen LogP contribution in [0, 0.1) is 0 Å². The highest BCUT2D eigenvalue weighted by molar-refractivity contribution is 5.94. The van der Waals surface area contributed by atoms with Gasteiger partial charge < -0.3 is 10.6 Å². The maximum atomic E-state index is 12.4. The summed E-state index contributed by atoms with van der Waals surface area (Å²) in [5, 5.41) is 5.29. The van der Waals surface area contributed by atoms with Crippen molar-refractivity contribution in [3.63, 3.8) is 0 Å². The Labute approximate surface area is 113 Å². The van der Waals surface area contributed by atoms with Crippen molar-refractivity contribution in [3.05, 3.63) is 35.4 Å². The molecule has 1 aromatic rings. The summed E-state index contributed by atoms with van der Waals surface area (Å²) in [5.74, 6) is -0.509. The van der Waals surface area contributed by atoms with Crippen molar-refractivity contribution in [2.75, 3.05) is 6.54 Å². The Kier molecular flexibility index (Phi) is 3.96. The van der Waals surface area contributed by atoms with Gasteiger partial charge in [-0.3, -0.25) is 9.59 Å². The van der Waals surface area contributed by atoms with Crippen LogP contribution in [-0.4, -0.2) is 24.4 Å². The summed E-state index contributed by atoms with van der Waals surface area (Å²) >= 11 is 0. The average Bonchev–Trinajstić information content (AvgIpc) is 2.40. The van der Waals surface area contributed by atoms with Crippen molar-refractivity contribution in [2.24, 2.45) is 0 Å². The molecule has 1 fully saturated rings. The van der Waals surface area contributed by atoms with Crippen molar-refractivity contribution >= 4 is 11.8 Å². The molecule has 0 radical (unpaired) electrons. The predicted molar refractivity (Wildman–Crippen MR) is 64.9 cm³/mol. The van der Waals surface area contributed by atoms with Gasteiger partial charge in [-0.05, 0) is 30.7 Å². The fourth-order valence-electron chi connectivity index (χ4n) is 1.94. The molecule has 108 valence electrons. The third-order valence-electron chi connectivity index (χ3n) is 3.08. The predicted octanol–water partition coefficient (Wildman–Crippen LogP) is 1.71. The highest BCUT2D eigenvalue weighted by Crippen LogP contribution is 2.29. The molecule has 0 aliphatic carbocycles. The fourth-order valence-corrected chi connectivity index (χ4v) is 1.94. The molecule has 1 unspecified atom stereocenters. The number of amides is 2. The summed E-state index contributed by atoms with van der Waals surface area (Å²) < 4.78 is 37.2. The summed E-state index contributed by atoms with van der Waals surface area (Å²) in [4.78, 5) is 22.8. The van der Waals surface area contributed by atoms with Crippen LogP contribution in [0.2, 0.25) is 0 Å². The SMILES string of the molecule is O=C1CCC(NC(=O)c2ccc(C(F)(F)F)cc2)CN1. The molecule has 4 nitrogen and oxygen atoms in total. The number of nitrogens with one attached hydrogen (secondary N) is 2. The van der Waals surface area contributed by atoms with Crippen LogP contribution in [0.3, 0.4) is 0 Å².